The largest absolute Gasteiger partial charge is 0.495 e. The van der Waals surface area contributed by atoms with Crippen molar-refractivity contribution in [2.75, 3.05) is 13.7 Å². The zero-order valence-corrected chi connectivity index (χ0v) is 22.5. The number of aromatic nitrogens is 1. The molecule has 0 bridgehead atoms. The topological polar surface area (TPSA) is 119 Å². The smallest absolute Gasteiger partial charge is 0.335 e. The maximum atomic E-state index is 13.6. The van der Waals surface area contributed by atoms with E-state index in [1.807, 2.05) is 6.92 Å². The quantitative estimate of drug-likeness (QED) is 0.338. The van der Waals surface area contributed by atoms with E-state index >= 15 is 0 Å². The van der Waals surface area contributed by atoms with Crippen LogP contribution in [0.1, 0.15) is 60.1 Å². The van der Waals surface area contributed by atoms with Crippen molar-refractivity contribution in [3.63, 3.8) is 0 Å². The molecular formula is C30H29ClN2O6. The number of Topliss-reactive ketones (excluding diaryl/α,β-unsaturated/α-hetero) is 1. The number of halogens is 1. The van der Waals surface area contributed by atoms with E-state index < -0.39 is 17.6 Å². The van der Waals surface area contributed by atoms with Gasteiger partial charge in [0.1, 0.15) is 5.75 Å². The number of aromatic carboxylic acids is 1. The first kappa shape index (κ1) is 28.1. The molecule has 1 saturated carbocycles. The average molecular weight is 549 g/mol. The number of pyridine rings is 1. The highest BCUT2D eigenvalue weighted by Gasteiger charge is 2.33. The summed E-state index contributed by atoms with van der Waals surface area (Å²) >= 11 is 6.17. The number of carbonyl (C=O) groups is 2. The monoisotopic (exact) mass is 548 g/mol. The second kappa shape index (κ2) is 11.9. The summed E-state index contributed by atoms with van der Waals surface area (Å²) in [5.41, 5.74) is 1.28. The van der Waals surface area contributed by atoms with Gasteiger partial charge in [0.25, 0.3) is 5.56 Å². The lowest BCUT2D eigenvalue weighted by Crippen LogP contribution is -2.38. The molecule has 1 fully saturated rings. The second-order valence-corrected chi connectivity index (χ2v) is 10.3. The molecule has 1 heterocycles. The molecule has 0 unspecified atom stereocenters. The maximum Gasteiger partial charge on any atom is 0.335 e. The molecule has 0 radical (unpaired) electrons. The number of carboxylic acid groups (broad SMARTS) is 1. The molecule has 3 aromatic rings. The van der Waals surface area contributed by atoms with Crippen LogP contribution in [0.4, 0.5) is 0 Å². The number of carbonyl (C=O) groups excluding carboxylic acids is 1. The third-order valence-electron chi connectivity index (χ3n) is 7.20. The fraction of sp³-hybridized carbons (Fsp3) is 0.333. The molecule has 9 heteroatoms. The van der Waals surface area contributed by atoms with Crippen molar-refractivity contribution >= 4 is 23.4 Å². The van der Waals surface area contributed by atoms with Gasteiger partial charge in [-0.2, -0.15) is 5.26 Å². The van der Waals surface area contributed by atoms with E-state index in [4.69, 9.17) is 26.2 Å². The number of nitriles is 1. The molecule has 1 N–H and O–H groups in total. The van der Waals surface area contributed by atoms with Gasteiger partial charge in [-0.05, 0) is 68.5 Å². The summed E-state index contributed by atoms with van der Waals surface area (Å²) < 4.78 is 13.0. The molecule has 1 atom stereocenters. The average Bonchev–Trinajstić information content (AvgIpc) is 2.90. The molecule has 8 nitrogen and oxygen atoms in total. The van der Waals surface area contributed by atoms with Gasteiger partial charge in [0, 0.05) is 35.2 Å². The van der Waals surface area contributed by atoms with E-state index in [1.54, 1.807) is 30.3 Å². The second-order valence-electron chi connectivity index (χ2n) is 9.90. The number of methoxy groups -OCH3 is 1. The Bertz CT molecular complexity index is 1480. The van der Waals surface area contributed by atoms with E-state index in [2.05, 4.69) is 6.07 Å². The molecule has 2 aromatic carbocycles. The molecule has 0 aliphatic heterocycles. The first-order chi connectivity index (χ1) is 18.6. The molecular weight excluding hydrogens is 520 g/mol. The van der Waals surface area contributed by atoms with Crippen LogP contribution in [0.3, 0.4) is 0 Å². The predicted octanol–water partition coefficient (Wildman–Crippen LogP) is 5.45. The van der Waals surface area contributed by atoms with Gasteiger partial charge in [-0.1, -0.05) is 23.7 Å². The number of ether oxygens (including phenoxy) is 2. The van der Waals surface area contributed by atoms with Gasteiger partial charge in [-0.25, -0.2) is 4.79 Å². The number of nitrogens with zero attached hydrogens (tertiary/aromatic N) is 2. The highest BCUT2D eigenvalue weighted by molar-refractivity contribution is 6.31. The Morgan fingerprint density at radius 2 is 1.87 bits per heavy atom. The first-order valence-electron chi connectivity index (χ1n) is 12.6. The lowest BCUT2D eigenvalue weighted by Gasteiger charge is -2.38. The third kappa shape index (κ3) is 6.39. The summed E-state index contributed by atoms with van der Waals surface area (Å²) in [6.45, 7) is 2.33. The highest BCUT2D eigenvalue weighted by atomic mass is 35.5. The standard InChI is InChI=1S/C30H29ClN2O6/c1-30(11-3-12-30)39-13-10-25(26(34)14-19-4-6-20(7-5-19)29(36)37)33-18-27(38-2)24(16-28(33)35)23-15-22(31)9-8-21(23)17-32/h4-9,15-16,18,25H,3,10-14H2,1-2H3,(H,36,37)/t25-/m0/s1. The Kier molecular flexibility index (Phi) is 8.54. The Morgan fingerprint density at radius 1 is 1.15 bits per heavy atom. The van der Waals surface area contributed by atoms with Crippen molar-refractivity contribution in [1.82, 2.24) is 4.57 Å². The van der Waals surface area contributed by atoms with Gasteiger partial charge in [-0.15, -0.1) is 0 Å². The number of rotatable bonds is 11. The van der Waals surface area contributed by atoms with Crippen LogP contribution >= 0.6 is 11.6 Å². The Morgan fingerprint density at radius 3 is 2.46 bits per heavy atom. The molecule has 1 aliphatic rings. The van der Waals surface area contributed by atoms with Crippen LogP contribution in [0.2, 0.25) is 5.02 Å². The normalized spacial score (nSPS) is 14.6. The minimum absolute atomic E-state index is 0.00517. The van der Waals surface area contributed by atoms with E-state index in [0.29, 0.717) is 33.0 Å². The van der Waals surface area contributed by atoms with Gasteiger partial charge in [0.15, 0.2) is 5.78 Å². The zero-order valence-electron chi connectivity index (χ0n) is 21.8. The summed E-state index contributed by atoms with van der Waals surface area (Å²) in [4.78, 5) is 38.2. The van der Waals surface area contributed by atoms with Gasteiger partial charge < -0.3 is 19.1 Å². The van der Waals surface area contributed by atoms with E-state index in [1.165, 1.54) is 36.1 Å². The Balaban J connectivity index is 1.69. The van der Waals surface area contributed by atoms with Crippen molar-refractivity contribution in [3.05, 3.63) is 86.8 Å². The molecule has 39 heavy (non-hydrogen) atoms. The van der Waals surface area contributed by atoms with Crippen molar-refractivity contribution in [3.8, 4) is 22.9 Å². The van der Waals surface area contributed by atoms with E-state index in [-0.39, 0.29) is 36.4 Å². The van der Waals surface area contributed by atoms with Crippen molar-refractivity contribution in [1.29, 1.82) is 5.26 Å². The fourth-order valence-corrected chi connectivity index (χ4v) is 4.93. The summed E-state index contributed by atoms with van der Waals surface area (Å²) in [6.07, 6.45) is 4.75. The van der Waals surface area contributed by atoms with Crippen LogP contribution in [-0.2, 0) is 16.0 Å². The van der Waals surface area contributed by atoms with Gasteiger partial charge in [-0.3, -0.25) is 9.59 Å². The molecule has 1 aliphatic carbocycles. The van der Waals surface area contributed by atoms with Gasteiger partial charge in [0.2, 0.25) is 0 Å². The zero-order chi connectivity index (χ0) is 28.2. The number of carboxylic acids is 1. The fourth-order valence-electron chi connectivity index (χ4n) is 4.76. The SMILES string of the molecule is COc1cn([C@@H](CCOC2(C)CCC2)C(=O)Cc2ccc(C(=O)O)cc2)c(=O)cc1-c1cc(Cl)ccc1C#N. The van der Waals surface area contributed by atoms with Crippen LogP contribution in [-0.4, -0.2) is 40.7 Å². The van der Waals surface area contributed by atoms with Crippen LogP contribution < -0.4 is 10.3 Å². The summed E-state index contributed by atoms with van der Waals surface area (Å²) in [5.74, 6) is -0.966. The summed E-state index contributed by atoms with van der Waals surface area (Å²) in [5, 5.41) is 19.1. The number of benzene rings is 2. The summed E-state index contributed by atoms with van der Waals surface area (Å²) in [7, 11) is 1.45. The van der Waals surface area contributed by atoms with Crippen LogP contribution in [0.5, 0.6) is 5.75 Å². The highest BCUT2D eigenvalue weighted by Crippen LogP contribution is 2.36. The maximum absolute atomic E-state index is 13.6. The lowest BCUT2D eigenvalue weighted by atomic mass is 9.82. The summed E-state index contributed by atoms with van der Waals surface area (Å²) in [6, 6.07) is 13.5. The lowest BCUT2D eigenvalue weighted by molar-refractivity contribution is -0.124. The van der Waals surface area contributed by atoms with Crippen molar-refractivity contribution < 1.29 is 24.2 Å². The third-order valence-corrected chi connectivity index (χ3v) is 7.43. The molecule has 4 rings (SSSR count). The number of hydrogen-bond acceptors (Lipinski definition) is 6. The van der Waals surface area contributed by atoms with Crippen LogP contribution in [0.25, 0.3) is 11.1 Å². The van der Waals surface area contributed by atoms with E-state index in [9.17, 15) is 19.6 Å². The van der Waals surface area contributed by atoms with Crippen molar-refractivity contribution in [2.45, 2.75) is 50.7 Å². The molecule has 0 saturated heterocycles. The number of ketones is 1. The predicted molar refractivity (Wildman–Crippen MR) is 146 cm³/mol. The van der Waals surface area contributed by atoms with Crippen LogP contribution in [0, 0.1) is 11.3 Å². The minimum Gasteiger partial charge on any atom is -0.495 e. The van der Waals surface area contributed by atoms with Gasteiger partial charge in [0.05, 0.1) is 42.1 Å². The molecule has 1 aromatic heterocycles. The number of hydrogen-bond donors (Lipinski definition) is 1. The minimum atomic E-state index is -1.05. The van der Waals surface area contributed by atoms with E-state index in [0.717, 1.165) is 19.3 Å². The van der Waals surface area contributed by atoms with Crippen LogP contribution in [0.15, 0.2) is 59.5 Å². The first-order valence-corrected chi connectivity index (χ1v) is 13.0. The molecule has 202 valence electrons. The van der Waals surface area contributed by atoms with Gasteiger partial charge >= 0.3 is 5.97 Å². The molecule has 0 amide bonds. The Hall–Kier alpha value is -3.93. The molecule has 0 spiro atoms. The van der Waals surface area contributed by atoms with Crippen molar-refractivity contribution in [2.24, 2.45) is 0 Å². The Labute approximate surface area is 231 Å².